The molecule has 2 unspecified atom stereocenters. The first-order chi connectivity index (χ1) is 18.4. The number of hydrogen-bond acceptors (Lipinski definition) is 4. The highest BCUT2D eigenvalue weighted by Gasteiger charge is 2.49. The van der Waals surface area contributed by atoms with Gasteiger partial charge in [0.2, 0.25) is 5.91 Å². The molecule has 1 saturated heterocycles. The highest BCUT2D eigenvalue weighted by molar-refractivity contribution is 6.03. The van der Waals surface area contributed by atoms with Crippen LogP contribution in [0.4, 0.5) is 18.0 Å². The molecular formula is C28H36F3N5O3. The van der Waals surface area contributed by atoms with Crippen LogP contribution in [0, 0.1) is 5.92 Å². The maximum Gasteiger partial charge on any atom is 0.416 e. The summed E-state index contributed by atoms with van der Waals surface area (Å²) < 4.78 is 41.9. The molecule has 0 bridgehead atoms. The van der Waals surface area contributed by atoms with Crippen LogP contribution in [0.1, 0.15) is 43.9 Å². The molecule has 1 aromatic rings. The molecule has 3 heterocycles. The third-order valence-corrected chi connectivity index (χ3v) is 7.53. The Labute approximate surface area is 227 Å². The molecule has 11 heteroatoms. The first-order valence-corrected chi connectivity index (χ1v) is 13.3. The van der Waals surface area contributed by atoms with Crippen molar-refractivity contribution < 1.29 is 27.6 Å². The zero-order valence-corrected chi connectivity index (χ0v) is 22.6. The van der Waals surface area contributed by atoms with Crippen LogP contribution in [0.5, 0.6) is 0 Å². The second kappa shape index (κ2) is 11.4. The van der Waals surface area contributed by atoms with Crippen LogP contribution in [-0.4, -0.2) is 89.8 Å². The highest BCUT2D eigenvalue weighted by atomic mass is 19.4. The van der Waals surface area contributed by atoms with Crippen molar-refractivity contribution in [3.63, 3.8) is 0 Å². The minimum Gasteiger partial charge on any atom is -0.340 e. The van der Waals surface area contributed by atoms with E-state index < -0.39 is 35.8 Å². The molecule has 8 nitrogen and oxygen atoms in total. The van der Waals surface area contributed by atoms with Crippen molar-refractivity contribution in [1.29, 1.82) is 0 Å². The summed E-state index contributed by atoms with van der Waals surface area (Å²) >= 11 is 0. The van der Waals surface area contributed by atoms with Gasteiger partial charge in [0, 0.05) is 26.2 Å². The van der Waals surface area contributed by atoms with E-state index in [0.717, 1.165) is 19.0 Å². The first-order valence-electron chi connectivity index (χ1n) is 13.3. The molecule has 2 atom stereocenters. The zero-order valence-electron chi connectivity index (χ0n) is 22.6. The maximum atomic E-state index is 14.1. The second-order valence-electron chi connectivity index (χ2n) is 10.8. The van der Waals surface area contributed by atoms with Gasteiger partial charge in [-0.15, -0.1) is 6.58 Å². The van der Waals surface area contributed by atoms with Gasteiger partial charge >= 0.3 is 12.2 Å². The zero-order chi connectivity index (χ0) is 28.5. The number of hydrogen-bond donors (Lipinski definition) is 1. The summed E-state index contributed by atoms with van der Waals surface area (Å²) in [7, 11) is 2.00. The van der Waals surface area contributed by atoms with Crippen molar-refractivity contribution in [2.24, 2.45) is 5.92 Å². The van der Waals surface area contributed by atoms with Crippen LogP contribution < -0.4 is 5.32 Å². The van der Waals surface area contributed by atoms with E-state index >= 15 is 0 Å². The SMILES string of the molecule is C=CCN1C(=O)NC(c2ccccc2C(F)(F)F)C2=C1CN(C(CC(C)C)C(=O)N1CCCN(C)CC1)C2=O. The van der Waals surface area contributed by atoms with Crippen LogP contribution >= 0.6 is 0 Å². The van der Waals surface area contributed by atoms with E-state index in [4.69, 9.17) is 0 Å². The Morgan fingerprint density at radius 2 is 1.87 bits per heavy atom. The van der Waals surface area contributed by atoms with E-state index in [1.165, 1.54) is 34.1 Å². The van der Waals surface area contributed by atoms with E-state index in [9.17, 15) is 27.6 Å². The van der Waals surface area contributed by atoms with E-state index in [1.54, 1.807) is 4.90 Å². The third-order valence-electron chi connectivity index (χ3n) is 7.53. The topological polar surface area (TPSA) is 76.2 Å². The number of rotatable bonds is 7. The average molecular weight is 548 g/mol. The average Bonchev–Trinajstić information content (AvgIpc) is 3.05. The summed E-state index contributed by atoms with van der Waals surface area (Å²) in [5, 5.41) is 2.62. The van der Waals surface area contributed by atoms with Gasteiger partial charge in [-0.25, -0.2) is 4.79 Å². The maximum absolute atomic E-state index is 14.1. The Morgan fingerprint density at radius 1 is 1.15 bits per heavy atom. The normalized spacial score (nSPS) is 21.7. The number of alkyl halides is 3. The Hall–Kier alpha value is -3.34. The molecule has 1 N–H and O–H groups in total. The van der Waals surface area contributed by atoms with Crippen LogP contribution in [0.15, 0.2) is 48.2 Å². The largest absolute Gasteiger partial charge is 0.416 e. The summed E-state index contributed by atoms with van der Waals surface area (Å²) in [6.07, 6.45) is -1.99. The number of likely N-dealkylation sites (N-methyl/N-ethyl adjacent to an activating group) is 1. The fourth-order valence-corrected chi connectivity index (χ4v) is 5.61. The van der Waals surface area contributed by atoms with E-state index in [-0.39, 0.29) is 36.1 Å². The molecule has 0 radical (unpaired) electrons. The molecule has 0 aliphatic carbocycles. The molecule has 3 aliphatic heterocycles. The van der Waals surface area contributed by atoms with Gasteiger partial charge in [-0.3, -0.25) is 14.5 Å². The lowest BCUT2D eigenvalue weighted by molar-refractivity contribution is -0.143. The lowest BCUT2D eigenvalue weighted by atomic mass is 9.91. The van der Waals surface area contributed by atoms with Gasteiger partial charge in [0.05, 0.1) is 29.4 Å². The molecule has 4 amide bonds. The molecule has 1 fully saturated rings. The fraction of sp³-hybridized carbons (Fsp3) is 0.536. The predicted octanol–water partition coefficient (Wildman–Crippen LogP) is 3.63. The number of carbonyl (C=O) groups is 3. The number of nitrogens with zero attached hydrogens (tertiary/aromatic N) is 4. The summed E-state index contributed by atoms with van der Waals surface area (Å²) in [5.41, 5.74) is -0.760. The molecule has 212 valence electrons. The first kappa shape index (κ1) is 28.7. The second-order valence-corrected chi connectivity index (χ2v) is 10.8. The third kappa shape index (κ3) is 5.83. The van der Waals surface area contributed by atoms with Crippen LogP contribution in [0.2, 0.25) is 0 Å². The van der Waals surface area contributed by atoms with Crippen molar-refractivity contribution >= 4 is 17.8 Å². The van der Waals surface area contributed by atoms with Crippen molar-refractivity contribution in [3.05, 3.63) is 59.3 Å². The van der Waals surface area contributed by atoms with Gasteiger partial charge in [0.1, 0.15) is 6.04 Å². The van der Waals surface area contributed by atoms with Crippen molar-refractivity contribution in [2.45, 2.75) is 44.9 Å². The Kier molecular flexibility index (Phi) is 8.39. The number of benzene rings is 1. The van der Waals surface area contributed by atoms with E-state index in [0.29, 0.717) is 31.8 Å². The molecule has 0 saturated carbocycles. The van der Waals surface area contributed by atoms with Gasteiger partial charge in [-0.05, 0) is 44.0 Å². The van der Waals surface area contributed by atoms with E-state index in [2.05, 4.69) is 16.8 Å². The van der Waals surface area contributed by atoms with Gasteiger partial charge in [-0.1, -0.05) is 38.1 Å². The number of nitrogens with one attached hydrogen (secondary N) is 1. The lowest BCUT2D eigenvalue weighted by Gasteiger charge is -2.34. The van der Waals surface area contributed by atoms with Crippen LogP contribution in [-0.2, 0) is 15.8 Å². The van der Waals surface area contributed by atoms with Crippen molar-refractivity contribution in [3.8, 4) is 0 Å². The number of urea groups is 1. The molecular weight excluding hydrogens is 511 g/mol. The summed E-state index contributed by atoms with van der Waals surface area (Å²) in [6, 6.07) is 2.22. The summed E-state index contributed by atoms with van der Waals surface area (Å²) in [5.74, 6) is -0.634. The van der Waals surface area contributed by atoms with Gasteiger partial charge in [0.25, 0.3) is 5.91 Å². The number of carbonyl (C=O) groups excluding carboxylic acids is 3. The quantitative estimate of drug-likeness (QED) is 0.529. The fourth-order valence-electron chi connectivity index (χ4n) is 5.61. The predicted molar refractivity (Wildman–Crippen MR) is 140 cm³/mol. The van der Waals surface area contributed by atoms with Crippen LogP contribution in [0.3, 0.4) is 0 Å². The Bertz CT molecular complexity index is 1170. The van der Waals surface area contributed by atoms with Crippen LogP contribution in [0.25, 0.3) is 0 Å². The van der Waals surface area contributed by atoms with Gasteiger partial charge in [-0.2, -0.15) is 13.2 Å². The van der Waals surface area contributed by atoms with Crippen molar-refractivity contribution in [2.75, 3.05) is 46.3 Å². The molecule has 4 rings (SSSR count). The minimum atomic E-state index is -4.68. The number of amides is 4. The highest BCUT2D eigenvalue weighted by Crippen LogP contribution is 2.42. The Balaban J connectivity index is 1.75. The number of halogens is 3. The molecule has 0 aromatic heterocycles. The molecule has 0 spiro atoms. The minimum absolute atomic E-state index is 0.0447. The van der Waals surface area contributed by atoms with E-state index in [1.807, 2.05) is 20.9 Å². The summed E-state index contributed by atoms with van der Waals surface area (Å²) in [4.78, 5) is 47.8. The smallest absolute Gasteiger partial charge is 0.340 e. The molecule has 3 aliphatic rings. The monoisotopic (exact) mass is 547 g/mol. The lowest BCUT2D eigenvalue weighted by Crippen LogP contribution is -2.51. The Morgan fingerprint density at radius 3 is 2.54 bits per heavy atom. The molecule has 39 heavy (non-hydrogen) atoms. The molecule has 1 aromatic carbocycles. The van der Waals surface area contributed by atoms with Crippen molar-refractivity contribution in [1.82, 2.24) is 24.9 Å². The van der Waals surface area contributed by atoms with Gasteiger partial charge < -0.3 is 20.0 Å². The summed E-state index contributed by atoms with van der Waals surface area (Å²) in [6.45, 7) is 10.3. The van der Waals surface area contributed by atoms with Gasteiger partial charge in [0.15, 0.2) is 0 Å². The standard InChI is InChI=1S/C28H36F3N5O3/c1-5-11-35-22-17-36(21(16-18(2)3)25(37)34-13-8-12-33(4)14-15-34)26(38)23(22)24(32-27(35)39)19-9-6-7-10-20(19)28(29,30)31/h5-7,9-10,18,21,24H,1,8,11-17H2,2-4H3,(H,32,39).